The van der Waals surface area contributed by atoms with E-state index in [1.165, 1.54) is 19.3 Å². The lowest BCUT2D eigenvalue weighted by molar-refractivity contribution is -0.226. The first-order valence-corrected chi connectivity index (χ1v) is 15.6. The smallest absolute Gasteiger partial charge is 0.115 e. The summed E-state index contributed by atoms with van der Waals surface area (Å²) in [5.74, 6) is 1.64. The van der Waals surface area contributed by atoms with Crippen molar-refractivity contribution >= 4 is 0 Å². The molecule has 0 bridgehead atoms. The van der Waals surface area contributed by atoms with Crippen molar-refractivity contribution in [3.8, 4) is 0 Å². The van der Waals surface area contributed by atoms with Crippen molar-refractivity contribution in [1.29, 1.82) is 0 Å². The summed E-state index contributed by atoms with van der Waals surface area (Å²) in [5, 5.41) is 0. The zero-order valence-electron chi connectivity index (χ0n) is 26.9. The van der Waals surface area contributed by atoms with E-state index >= 15 is 0 Å². The highest BCUT2D eigenvalue weighted by molar-refractivity contribution is 4.89. The number of rotatable bonds is 21. The van der Waals surface area contributed by atoms with E-state index in [1.807, 2.05) is 0 Å². The van der Waals surface area contributed by atoms with Crippen molar-refractivity contribution < 1.29 is 28.4 Å². The van der Waals surface area contributed by atoms with Crippen molar-refractivity contribution in [1.82, 2.24) is 0 Å². The highest BCUT2D eigenvalue weighted by Gasteiger charge is 2.41. The number of hydrogen-bond acceptors (Lipinski definition) is 6. The van der Waals surface area contributed by atoms with Crippen LogP contribution in [0, 0.1) is 17.8 Å². The quantitative estimate of drug-likeness (QED) is 0.149. The van der Waals surface area contributed by atoms with E-state index in [1.54, 1.807) is 14.2 Å². The summed E-state index contributed by atoms with van der Waals surface area (Å²) in [4.78, 5) is 0. The molecule has 0 aromatic heterocycles. The maximum Gasteiger partial charge on any atom is 0.115 e. The predicted molar refractivity (Wildman–Crippen MR) is 157 cm³/mol. The molecule has 1 rings (SSSR count). The molecule has 0 heterocycles. The standard InChI is InChI=1S/C32H64O6/c1-22(2)17-25(7)35-21-30(36-26(8)18-23(3)4)32(37-27(9)19-24(5)6)31(29(34-11)20-33-10)38-28-15-13-12-14-16-28/h22-32H,12-21H2,1-11H3/t25?,26?,27?,29-,30+,31+,32+/m0/s1. The van der Waals surface area contributed by atoms with Crippen LogP contribution in [0.1, 0.15) is 114 Å². The van der Waals surface area contributed by atoms with Gasteiger partial charge in [-0.2, -0.15) is 0 Å². The highest BCUT2D eigenvalue weighted by atomic mass is 16.6. The van der Waals surface area contributed by atoms with Crippen LogP contribution in [-0.2, 0) is 28.4 Å². The number of methoxy groups -OCH3 is 2. The first-order valence-electron chi connectivity index (χ1n) is 15.6. The molecule has 1 fully saturated rings. The molecule has 0 spiro atoms. The fourth-order valence-corrected chi connectivity index (χ4v) is 5.85. The topological polar surface area (TPSA) is 55.4 Å². The van der Waals surface area contributed by atoms with E-state index < -0.39 is 0 Å². The zero-order chi connectivity index (χ0) is 28.7. The van der Waals surface area contributed by atoms with E-state index in [0.717, 1.165) is 32.1 Å². The molecule has 0 aromatic rings. The van der Waals surface area contributed by atoms with Crippen LogP contribution < -0.4 is 0 Å². The minimum Gasteiger partial charge on any atom is -0.382 e. The average Bonchev–Trinajstić information content (AvgIpc) is 2.82. The fourth-order valence-electron chi connectivity index (χ4n) is 5.85. The predicted octanol–water partition coefficient (Wildman–Crippen LogP) is 7.46. The molecular formula is C32H64O6. The van der Waals surface area contributed by atoms with Gasteiger partial charge in [0.25, 0.3) is 0 Å². The molecule has 228 valence electrons. The minimum absolute atomic E-state index is 0.0529. The molecule has 3 unspecified atom stereocenters. The lowest BCUT2D eigenvalue weighted by Gasteiger charge is -2.41. The zero-order valence-corrected chi connectivity index (χ0v) is 26.9. The molecule has 6 nitrogen and oxygen atoms in total. The summed E-state index contributed by atoms with van der Waals surface area (Å²) in [6.07, 6.45) is 8.05. The molecule has 1 aliphatic rings. The summed E-state index contributed by atoms with van der Waals surface area (Å²) < 4.78 is 38.7. The van der Waals surface area contributed by atoms with Crippen LogP contribution >= 0.6 is 0 Å². The molecular weight excluding hydrogens is 480 g/mol. The third-order valence-corrected chi connectivity index (χ3v) is 7.34. The Bertz CT molecular complexity index is 562. The Labute approximate surface area is 236 Å². The average molecular weight is 545 g/mol. The van der Waals surface area contributed by atoms with Gasteiger partial charge in [-0.15, -0.1) is 0 Å². The van der Waals surface area contributed by atoms with Crippen LogP contribution in [0.15, 0.2) is 0 Å². The second-order valence-electron chi connectivity index (χ2n) is 13.0. The number of ether oxygens (including phenoxy) is 6. The summed E-state index contributed by atoms with van der Waals surface area (Å²) in [5.41, 5.74) is 0. The van der Waals surface area contributed by atoms with Gasteiger partial charge >= 0.3 is 0 Å². The van der Waals surface area contributed by atoms with Gasteiger partial charge in [0.2, 0.25) is 0 Å². The molecule has 6 heteroatoms. The highest BCUT2D eigenvalue weighted by Crippen LogP contribution is 2.29. The van der Waals surface area contributed by atoms with Crippen molar-refractivity contribution in [3.05, 3.63) is 0 Å². The van der Waals surface area contributed by atoms with Crippen molar-refractivity contribution in [2.24, 2.45) is 17.8 Å². The Balaban J connectivity index is 3.38. The lowest BCUT2D eigenvalue weighted by atomic mass is 9.96. The summed E-state index contributed by atoms with van der Waals surface area (Å²) in [6, 6.07) is 0. The third kappa shape index (κ3) is 14.9. The normalized spacial score (nSPS) is 21.0. The SMILES string of the molecule is COC[C@H](OC)[C@@H](OC1CCCCC1)[C@H](OC(C)CC(C)C)[C@@H](COC(C)CC(C)C)OC(C)CC(C)C. The summed E-state index contributed by atoms with van der Waals surface area (Å²) >= 11 is 0. The van der Waals surface area contributed by atoms with Crippen molar-refractivity contribution in [2.75, 3.05) is 27.4 Å². The fraction of sp³-hybridized carbons (Fsp3) is 1.00. The van der Waals surface area contributed by atoms with Crippen LogP contribution in [0.25, 0.3) is 0 Å². The Morgan fingerprint density at radius 2 is 1.11 bits per heavy atom. The van der Waals surface area contributed by atoms with Gasteiger partial charge in [-0.05, 0) is 70.6 Å². The molecule has 0 aromatic carbocycles. The molecule has 0 amide bonds. The van der Waals surface area contributed by atoms with Crippen molar-refractivity contribution in [2.45, 2.75) is 163 Å². The van der Waals surface area contributed by atoms with E-state index in [2.05, 4.69) is 62.3 Å². The minimum atomic E-state index is -0.341. The van der Waals surface area contributed by atoms with Gasteiger partial charge in [0.15, 0.2) is 0 Å². The molecule has 1 saturated carbocycles. The van der Waals surface area contributed by atoms with Gasteiger partial charge in [0.1, 0.15) is 24.4 Å². The van der Waals surface area contributed by atoms with Crippen LogP contribution in [0.4, 0.5) is 0 Å². The van der Waals surface area contributed by atoms with Crippen LogP contribution in [0.3, 0.4) is 0 Å². The third-order valence-electron chi connectivity index (χ3n) is 7.34. The Kier molecular flexibility index (Phi) is 18.6. The van der Waals surface area contributed by atoms with Crippen LogP contribution in [0.5, 0.6) is 0 Å². The maximum absolute atomic E-state index is 6.91. The Morgan fingerprint density at radius 3 is 1.61 bits per heavy atom. The van der Waals surface area contributed by atoms with E-state index in [-0.39, 0.29) is 48.8 Å². The second-order valence-corrected chi connectivity index (χ2v) is 13.0. The molecule has 0 aliphatic heterocycles. The van der Waals surface area contributed by atoms with Crippen molar-refractivity contribution in [3.63, 3.8) is 0 Å². The number of hydrogen-bond donors (Lipinski definition) is 0. The van der Waals surface area contributed by atoms with Gasteiger partial charge in [-0.1, -0.05) is 60.8 Å². The Morgan fingerprint density at radius 1 is 0.579 bits per heavy atom. The maximum atomic E-state index is 6.91. The molecule has 38 heavy (non-hydrogen) atoms. The van der Waals surface area contributed by atoms with Crippen LogP contribution in [0.2, 0.25) is 0 Å². The van der Waals surface area contributed by atoms with Gasteiger partial charge in [-0.3, -0.25) is 0 Å². The molecule has 0 saturated heterocycles. The van der Waals surface area contributed by atoms with E-state index in [9.17, 15) is 0 Å². The van der Waals surface area contributed by atoms with Gasteiger partial charge < -0.3 is 28.4 Å². The molecule has 0 radical (unpaired) electrons. The van der Waals surface area contributed by atoms with Crippen LogP contribution in [-0.4, -0.2) is 76.3 Å². The first-order chi connectivity index (χ1) is 18.0. The lowest BCUT2D eigenvalue weighted by Crippen LogP contribution is -2.55. The van der Waals surface area contributed by atoms with Gasteiger partial charge in [0, 0.05) is 14.2 Å². The van der Waals surface area contributed by atoms with Gasteiger partial charge in [0.05, 0.1) is 37.6 Å². The molecule has 1 aliphatic carbocycles. The van der Waals surface area contributed by atoms with E-state index in [0.29, 0.717) is 31.0 Å². The monoisotopic (exact) mass is 544 g/mol. The molecule has 0 N–H and O–H groups in total. The second kappa shape index (κ2) is 19.8. The van der Waals surface area contributed by atoms with Gasteiger partial charge in [-0.25, -0.2) is 0 Å². The molecule has 7 atom stereocenters. The summed E-state index contributed by atoms with van der Waals surface area (Å²) in [6.45, 7) is 20.8. The Hall–Kier alpha value is -0.240. The first kappa shape index (κ1) is 35.8. The van der Waals surface area contributed by atoms with E-state index in [4.69, 9.17) is 28.4 Å². The largest absolute Gasteiger partial charge is 0.382 e. The summed E-state index contributed by atoms with van der Waals surface area (Å²) in [7, 11) is 3.46.